The van der Waals surface area contributed by atoms with Crippen LogP contribution in [0.4, 0.5) is 0 Å². The van der Waals surface area contributed by atoms with Crippen molar-refractivity contribution in [2.75, 3.05) is 18.6 Å². The third-order valence-corrected chi connectivity index (χ3v) is 2.74. The van der Waals surface area contributed by atoms with Crippen LogP contribution in [0.2, 0.25) is 0 Å². The third kappa shape index (κ3) is 3.45. The molecule has 4 heteroatoms. The van der Waals surface area contributed by atoms with Crippen LogP contribution in [0.15, 0.2) is 0 Å². The Kier molecular flexibility index (Phi) is 5.33. The van der Waals surface area contributed by atoms with Gasteiger partial charge in [-0.15, -0.1) is 0 Å². The van der Waals surface area contributed by atoms with Gasteiger partial charge in [0.2, 0.25) is 0 Å². The van der Waals surface area contributed by atoms with E-state index in [-0.39, 0.29) is 6.54 Å². The van der Waals surface area contributed by atoms with Crippen molar-refractivity contribution in [1.29, 1.82) is 0 Å². The minimum absolute atomic E-state index is 0.219. The predicted molar refractivity (Wildman–Crippen MR) is 52.4 cm³/mol. The lowest BCUT2D eigenvalue weighted by Crippen LogP contribution is -2.35. The first kappa shape index (κ1) is 11.8. The Morgan fingerprint density at radius 1 is 1.67 bits per heavy atom. The van der Waals surface area contributed by atoms with Gasteiger partial charge in [-0.05, 0) is 31.8 Å². The molecule has 0 amide bonds. The van der Waals surface area contributed by atoms with Gasteiger partial charge in [0.25, 0.3) is 0 Å². The Labute approximate surface area is 77.7 Å². The van der Waals surface area contributed by atoms with E-state index in [1.165, 1.54) is 0 Å². The van der Waals surface area contributed by atoms with Gasteiger partial charge in [0.15, 0.2) is 0 Å². The van der Waals surface area contributed by atoms with Crippen LogP contribution in [0.25, 0.3) is 0 Å². The molecule has 0 rings (SSSR count). The number of thioether (sulfide) groups is 1. The Morgan fingerprint density at radius 2 is 2.25 bits per heavy atom. The van der Waals surface area contributed by atoms with E-state index in [9.17, 15) is 4.79 Å². The Morgan fingerprint density at radius 3 is 2.58 bits per heavy atom. The second kappa shape index (κ2) is 5.43. The molecule has 0 aromatic carbocycles. The van der Waals surface area contributed by atoms with Crippen LogP contribution in [0.1, 0.15) is 19.8 Å². The first-order chi connectivity index (χ1) is 5.56. The Hall–Kier alpha value is -0.220. The summed E-state index contributed by atoms with van der Waals surface area (Å²) >= 11 is 1.73. The molecular weight excluding hydrogens is 174 g/mol. The highest BCUT2D eigenvalue weighted by Crippen LogP contribution is 2.22. The van der Waals surface area contributed by atoms with Gasteiger partial charge in [-0.25, -0.2) is 0 Å². The molecule has 0 saturated heterocycles. The molecule has 0 heterocycles. The quantitative estimate of drug-likeness (QED) is 0.619. The summed E-state index contributed by atoms with van der Waals surface area (Å²) in [4.78, 5) is 10.8. The van der Waals surface area contributed by atoms with E-state index in [0.29, 0.717) is 6.42 Å². The number of carboxylic acid groups (broad SMARTS) is 1. The predicted octanol–water partition coefficient (Wildman–Crippen LogP) is 1.18. The minimum Gasteiger partial charge on any atom is -0.481 e. The second-order valence-electron chi connectivity index (χ2n) is 3.17. The van der Waals surface area contributed by atoms with E-state index in [1.54, 1.807) is 18.7 Å². The highest BCUT2D eigenvalue weighted by atomic mass is 32.2. The zero-order valence-electron chi connectivity index (χ0n) is 7.67. The highest BCUT2D eigenvalue weighted by Gasteiger charge is 2.30. The zero-order valence-corrected chi connectivity index (χ0v) is 8.49. The standard InChI is InChI=1S/C8H17NO2S/c1-8(6-9,7(10)11)4-3-5-12-2/h3-6,9H2,1-2H3,(H,10,11). The summed E-state index contributed by atoms with van der Waals surface area (Å²) in [7, 11) is 0. The van der Waals surface area contributed by atoms with Gasteiger partial charge >= 0.3 is 5.97 Å². The molecule has 0 aromatic heterocycles. The maximum absolute atomic E-state index is 10.8. The van der Waals surface area contributed by atoms with Crippen molar-refractivity contribution in [3.63, 3.8) is 0 Å². The summed E-state index contributed by atoms with van der Waals surface area (Å²) in [6.45, 7) is 1.92. The molecule has 72 valence electrons. The first-order valence-electron chi connectivity index (χ1n) is 3.99. The molecule has 12 heavy (non-hydrogen) atoms. The van der Waals surface area contributed by atoms with Gasteiger partial charge in [0, 0.05) is 6.54 Å². The van der Waals surface area contributed by atoms with Crippen LogP contribution in [0.5, 0.6) is 0 Å². The number of rotatable bonds is 6. The average molecular weight is 191 g/mol. The van der Waals surface area contributed by atoms with Crippen LogP contribution in [-0.4, -0.2) is 29.6 Å². The fourth-order valence-electron chi connectivity index (χ4n) is 0.903. The molecule has 0 fully saturated rings. The minimum atomic E-state index is -0.786. The zero-order chi connectivity index (χ0) is 9.61. The maximum atomic E-state index is 10.8. The number of carbonyl (C=O) groups is 1. The Bertz CT molecular complexity index is 152. The lowest BCUT2D eigenvalue weighted by Gasteiger charge is -2.22. The third-order valence-electron chi connectivity index (χ3n) is 2.04. The summed E-state index contributed by atoms with van der Waals surface area (Å²) in [6, 6.07) is 0. The molecule has 3 N–H and O–H groups in total. The topological polar surface area (TPSA) is 63.3 Å². The van der Waals surface area contributed by atoms with Gasteiger partial charge < -0.3 is 10.8 Å². The van der Waals surface area contributed by atoms with Crippen LogP contribution in [0, 0.1) is 5.41 Å². The van der Waals surface area contributed by atoms with Crippen molar-refractivity contribution in [2.45, 2.75) is 19.8 Å². The van der Waals surface area contributed by atoms with Gasteiger partial charge in [0.1, 0.15) is 0 Å². The summed E-state index contributed by atoms with van der Waals surface area (Å²) in [6.07, 6.45) is 3.60. The van der Waals surface area contributed by atoms with Crippen molar-refractivity contribution < 1.29 is 9.90 Å². The van der Waals surface area contributed by atoms with E-state index in [1.807, 2.05) is 6.26 Å². The molecule has 0 aliphatic rings. The first-order valence-corrected chi connectivity index (χ1v) is 5.38. The van der Waals surface area contributed by atoms with E-state index in [0.717, 1.165) is 12.2 Å². The summed E-state index contributed by atoms with van der Waals surface area (Å²) in [5.74, 6) is 0.217. The SMILES string of the molecule is CSCCCC(C)(CN)C(=O)O. The van der Waals surface area contributed by atoms with E-state index < -0.39 is 11.4 Å². The fraction of sp³-hybridized carbons (Fsp3) is 0.875. The van der Waals surface area contributed by atoms with E-state index in [4.69, 9.17) is 10.8 Å². The van der Waals surface area contributed by atoms with E-state index >= 15 is 0 Å². The molecular formula is C8H17NO2S. The molecule has 0 aliphatic heterocycles. The van der Waals surface area contributed by atoms with E-state index in [2.05, 4.69) is 0 Å². The molecule has 0 spiro atoms. The summed E-state index contributed by atoms with van der Waals surface area (Å²) < 4.78 is 0. The molecule has 3 nitrogen and oxygen atoms in total. The average Bonchev–Trinajstić information content (AvgIpc) is 2.04. The normalized spacial score (nSPS) is 15.6. The molecule has 1 atom stereocenters. The van der Waals surface area contributed by atoms with Crippen LogP contribution in [0.3, 0.4) is 0 Å². The molecule has 0 aliphatic carbocycles. The smallest absolute Gasteiger partial charge is 0.310 e. The van der Waals surface area contributed by atoms with Gasteiger partial charge in [-0.2, -0.15) is 11.8 Å². The Balaban J connectivity index is 3.88. The van der Waals surface area contributed by atoms with Crippen molar-refractivity contribution in [3.8, 4) is 0 Å². The highest BCUT2D eigenvalue weighted by molar-refractivity contribution is 7.98. The van der Waals surface area contributed by atoms with Crippen LogP contribution >= 0.6 is 11.8 Å². The maximum Gasteiger partial charge on any atom is 0.310 e. The lowest BCUT2D eigenvalue weighted by atomic mass is 9.86. The van der Waals surface area contributed by atoms with Crippen molar-refractivity contribution in [2.24, 2.45) is 11.1 Å². The monoisotopic (exact) mass is 191 g/mol. The summed E-state index contributed by atoms with van der Waals surface area (Å²) in [5, 5.41) is 8.85. The number of nitrogens with two attached hydrogens (primary N) is 1. The van der Waals surface area contributed by atoms with Gasteiger partial charge in [0.05, 0.1) is 5.41 Å². The number of carboxylic acids is 1. The largest absolute Gasteiger partial charge is 0.481 e. The van der Waals surface area contributed by atoms with Gasteiger partial charge in [-0.3, -0.25) is 4.79 Å². The summed E-state index contributed by atoms with van der Waals surface area (Å²) in [5.41, 5.74) is 4.68. The number of hydrogen-bond acceptors (Lipinski definition) is 3. The second-order valence-corrected chi connectivity index (χ2v) is 4.15. The van der Waals surface area contributed by atoms with Crippen LogP contribution in [-0.2, 0) is 4.79 Å². The fourth-order valence-corrected chi connectivity index (χ4v) is 1.34. The van der Waals surface area contributed by atoms with Crippen molar-refractivity contribution in [3.05, 3.63) is 0 Å². The lowest BCUT2D eigenvalue weighted by molar-refractivity contribution is -0.147. The molecule has 0 bridgehead atoms. The molecule has 0 radical (unpaired) electrons. The van der Waals surface area contributed by atoms with Crippen molar-refractivity contribution in [1.82, 2.24) is 0 Å². The number of hydrogen-bond donors (Lipinski definition) is 2. The molecule has 1 unspecified atom stereocenters. The molecule has 0 saturated carbocycles. The number of aliphatic carboxylic acids is 1. The van der Waals surface area contributed by atoms with Crippen LogP contribution < -0.4 is 5.73 Å². The van der Waals surface area contributed by atoms with Gasteiger partial charge in [-0.1, -0.05) is 0 Å². The van der Waals surface area contributed by atoms with Crippen molar-refractivity contribution >= 4 is 17.7 Å². The molecule has 0 aromatic rings.